The molecule has 25 heavy (non-hydrogen) atoms. The van der Waals surface area contributed by atoms with Crippen LogP contribution in [-0.4, -0.2) is 51.5 Å². The van der Waals surface area contributed by atoms with E-state index in [-0.39, 0.29) is 24.1 Å². The molecule has 3 heterocycles. The average molecular weight is 431 g/mol. The molecule has 3 rings (SSSR count). The van der Waals surface area contributed by atoms with Crippen LogP contribution in [0, 0.1) is 0 Å². The van der Waals surface area contributed by atoms with E-state index >= 15 is 0 Å². The predicted octanol–water partition coefficient (Wildman–Crippen LogP) is 3.78. The highest BCUT2D eigenvalue weighted by atomic mass is 79.9. The molecule has 0 radical (unpaired) electrons. The van der Waals surface area contributed by atoms with Crippen LogP contribution in [0.1, 0.15) is 45.2 Å². The summed E-state index contributed by atoms with van der Waals surface area (Å²) >= 11 is 9.43. The molecule has 1 aromatic heterocycles. The third kappa shape index (κ3) is 4.08. The summed E-state index contributed by atoms with van der Waals surface area (Å²) in [6, 6.07) is 3.35. The van der Waals surface area contributed by atoms with E-state index in [4.69, 9.17) is 16.3 Å². The van der Waals surface area contributed by atoms with Crippen LogP contribution in [-0.2, 0) is 9.53 Å². The molecule has 8 heteroatoms. The van der Waals surface area contributed by atoms with Gasteiger partial charge < -0.3 is 14.5 Å². The van der Waals surface area contributed by atoms with E-state index in [1.54, 1.807) is 11.0 Å². The van der Waals surface area contributed by atoms with Gasteiger partial charge in [0.15, 0.2) is 0 Å². The van der Waals surface area contributed by atoms with Crippen LogP contribution < -0.4 is 0 Å². The molecule has 2 fully saturated rings. The zero-order valence-electron chi connectivity index (χ0n) is 14.5. The molecular weight excluding hydrogens is 410 g/mol. The van der Waals surface area contributed by atoms with Gasteiger partial charge in [0, 0.05) is 19.5 Å². The van der Waals surface area contributed by atoms with Gasteiger partial charge in [-0.15, -0.1) is 0 Å². The van der Waals surface area contributed by atoms with Crippen LogP contribution in [0.5, 0.6) is 0 Å². The number of fused-ring (bicyclic) bond motifs is 1. The maximum absolute atomic E-state index is 12.5. The van der Waals surface area contributed by atoms with Crippen LogP contribution in [0.15, 0.2) is 16.7 Å². The van der Waals surface area contributed by atoms with Crippen LogP contribution in [0.4, 0.5) is 4.79 Å². The fraction of sp³-hybridized carbons (Fsp3) is 0.588. The SMILES string of the molecule is CC(C)(C)OC(=O)N1CC(c2cc(Cl)nc(Br)c2)N2C(=O)CC[C@@H]2C1. The standard InChI is InChI=1S/C17H21BrClN3O3/c1-17(2,3)25-16(24)21-8-11-4-5-15(23)22(11)12(9-21)10-6-13(18)20-14(19)7-10/h6-7,11-12H,4-5,8-9H2,1-3H3/t11-,12?/m1/s1. The van der Waals surface area contributed by atoms with E-state index in [2.05, 4.69) is 20.9 Å². The molecule has 136 valence electrons. The normalized spacial score (nSPS) is 23.6. The number of aromatic nitrogens is 1. The fourth-order valence-electron chi connectivity index (χ4n) is 3.41. The number of halogens is 2. The van der Waals surface area contributed by atoms with Gasteiger partial charge in [0.25, 0.3) is 0 Å². The van der Waals surface area contributed by atoms with Gasteiger partial charge in [-0.25, -0.2) is 9.78 Å². The zero-order chi connectivity index (χ0) is 18.4. The minimum Gasteiger partial charge on any atom is -0.444 e. The molecule has 0 saturated carbocycles. The molecule has 2 atom stereocenters. The molecular formula is C17H21BrClN3O3. The summed E-state index contributed by atoms with van der Waals surface area (Å²) in [6.07, 6.45) is 0.897. The third-order valence-electron chi connectivity index (χ3n) is 4.35. The van der Waals surface area contributed by atoms with Crippen molar-refractivity contribution in [2.45, 2.75) is 51.3 Å². The minimum atomic E-state index is -0.557. The second-order valence-electron chi connectivity index (χ2n) is 7.44. The van der Waals surface area contributed by atoms with Gasteiger partial charge in [-0.2, -0.15) is 0 Å². The smallest absolute Gasteiger partial charge is 0.410 e. The molecule has 0 bridgehead atoms. The molecule has 0 aromatic carbocycles. The van der Waals surface area contributed by atoms with Crippen molar-refractivity contribution >= 4 is 39.5 Å². The average Bonchev–Trinajstić information content (AvgIpc) is 2.85. The molecule has 1 aromatic rings. The van der Waals surface area contributed by atoms with Gasteiger partial charge in [0.2, 0.25) is 5.91 Å². The van der Waals surface area contributed by atoms with Crippen molar-refractivity contribution < 1.29 is 14.3 Å². The number of hydrogen-bond acceptors (Lipinski definition) is 4. The molecule has 2 saturated heterocycles. The quantitative estimate of drug-likeness (QED) is 0.636. The Morgan fingerprint density at radius 3 is 2.72 bits per heavy atom. The van der Waals surface area contributed by atoms with E-state index < -0.39 is 5.60 Å². The van der Waals surface area contributed by atoms with Crippen LogP contribution in [0.3, 0.4) is 0 Å². The Labute approximate surface area is 160 Å². The number of carbonyl (C=O) groups excluding carboxylic acids is 2. The van der Waals surface area contributed by atoms with Crippen molar-refractivity contribution in [2.75, 3.05) is 13.1 Å². The monoisotopic (exact) mass is 429 g/mol. The number of amides is 2. The number of carbonyl (C=O) groups is 2. The van der Waals surface area contributed by atoms with Gasteiger partial charge in [-0.1, -0.05) is 11.6 Å². The first-order chi connectivity index (χ1) is 11.6. The number of rotatable bonds is 1. The Balaban J connectivity index is 1.90. The van der Waals surface area contributed by atoms with E-state index in [0.717, 1.165) is 12.0 Å². The largest absolute Gasteiger partial charge is 0.444 e. The van der Waals surface area contributed by atoms with E-state index in [1.807, 2.05) is 31.7 Å². The summed E-state index contributed by atoms with van der Waals surface area (Å²) in [5.74, 6) is 0.114. The lowest BCUT2D eigenvalue weighted by Crippen LogP contribution is -2.55. The Hall–Kier alpha value is -1.34. The molecule has 0 spiro atoms. The third-order valence-corrected chi connectivity index (χ3v) is 4.95. The molecule has 2 aliphatic heterocycles. The van der Waals surface area contributed by atoms with Gasteiger partial charge in [0.05, 0.1) is 12.1 Å². The topological polar surface area (TPSA) is 62.7 Å². The summed E-state index contributed by atoms with van der Waals surface area (Å²) in [6.45, 7) is 6.41. The second-order valence-corrected chi connectivity index (χ2v) is 8.64. The first-order valence-corrected chi connectivity index (χ1v) is 9.43. The zero-order valence-corrected chi connectivity index (χ0v) is 16.8. The highest BCUT2D eigenvalue weighted by Gasteiger charge is 2.44. The Kier molecular flexibility index (Phi) is 4.99. The van der Waals surface area contributed by atoms with Gasteiger partial charge in [-0.3, -0.25) is 4.79 Å². The van der Waals surface area contributed by atoms with Crippen molar-refractivity contribution in [3.8, 4) is 0 Å². The number of ether oxygens (including phenoxy) is 1. The van der Waals surface area contributed by atoms with Crippen molar-refractivity contribution in [3.63, 3.8) is 0 Å². The summed E-state index contributed by atoms with van der Waals surface area (Å²) in [7, 11) is 0. The fourth-order valence-corrected chi connectivity index (χ4v) is 4.19. The summed E-state index contributed by atoms with van der Waals surface area (Å²) in [5, 5.41) is 0.349. The number of hydrogen-bond donors (Lipinski definition) is 0. The molecule has 2 amide bonds. The molecule has 1 unspecified atom stereocenters. The molecule has 0 aliphatic carbocycles. The minimum absolute atomic E-state index is 0.00415. The van der Waals surface area contributed by atoms with Crippen molar-refractivity contribution in [1.29, 1.82) is 0 Å². The highest BCUT2D eigenvalue weighted by molar-refractivity contribution is 9.10. The first-order valence-electron chi connectivity index (χ1n) is 8.26. The van der Waals surface area contributed by atoms with Crippen molar-refractivity contribution in [1.82, 2.24) is 14.8 Å². The highest BCUT2D eigenvalue weighted by Crippen LogP contribution is 2.37. The number of nitrogens with zero attached hydrogens (tertiary/aromatic N) is 3. The summed E-state index contributed by atoms with van der Waals surface area (Å²) < 4.78 is 6.12. The summed E-state index contributed by atoms with van der Waals surface area (Å²) in [5.41, 5.74) is 0.304. The maximum atomic E-state index is 12.5. The lowest BCUT2D eigenvalue weighted by molar-refractivity contribution is -0.134. The van der Waals surface area contributed by atoms with Gasteiger partial charge in [-0.05, 0) is 60.8 Å². The van der Waals surface area contributed by atoms with Crippen LogP contribution in [0.2, 0.25) is 5.15 Å². The second kappa shape index (κ2) is 6.76. The maximum Gasteiger partial charge on any atom is 0.410 e. The van der Waals surface area contributed by atoms with Crippen molar-refractivity contribution in [2.24, 2.45) is 0 Å². The number of piperazine rings is 1. The predicted molar refractivity (Wildman–Crippen MR) is 97.4 cm³/mol. The van der Waals surface area contributed by atoms with Crippen LogP contribution in [0.25, 0.3) is 0 Å². The Morgan fingerprint density at radius 1 is 1.36 bits per heavy atom. The van der Waals surface area contributed by atoms with Gasteiger partial charge >= 0.3 is 6.09 Å². The van der Waals surface area contributed by atoms with Crippen LogP contribution >= 0.6 is 27.5 Å². The Bertz CT molecular complexity index is 687. The first kappa shape index (κ1) is 18.5. The van der Waals surface area contributed by atoms with Crippen molar-refractivity contribution in [3.05, 3.63) is 27.5 Å². The van der Waals surface area contributed by atoms with E-state index in [1.165, 1.54) is 0 Å². The van der Waals surface area contributed by atoms with E-state index in [0.29, 0.717) is 29.3 Å². The molecule has 6 nitrogen and oxygen atoms in total. The number of pyridine rings is 1. The van der Waals surface area contributed by atoms with Gasteiger partial charge in [0.1, 0.15) is 15.4 Å². The molecule has 2 aliphatic rings. The molecule has 0 N–H and O–H groups in total. The lowest BCUT2D eigenvalue weighted by Gasteiger charge is -2.44. The van der Waals surface area contributed by atoms with E-state index in [9.17, 15) is 9.59 Å². The lowest BCUT2D eigenvalue weighted by atomic mass is 10.0. The Morgan fingerprint density at radius 2 is 2.08 bits per heavy atom. The summed E-state index contributed by atoms with van der Waals surface area (Å²) in [4.78, 5) is 32.6.